The molecule has 3 N–H and O–H groups in total. The summed E-state index contributed by atoms with van der Waals surface area (Å²) in [5.74, 6) is -0.126. The molecule has 0 atom stereocenters. The number of nitrogens with zero attached hydrogens (tertiary/aromatic N) is 2. The largest absolute Gasteiger partial charge is 0.437 e. The van der Waals surface area contributed by atoms with Crippen LogP contribution in [0.2, 0.25) is 0 Å². The van der Waals surface area contributed by atoms with Gasteiger partial charge in [-0.25, -0.2) is 9.18 Å². The Morgan fingerprint density at radius 3 is 2.85 bits per heavy atom. The molecule has 0 aliphatic rings. The summed E-state index contributed by atoms with van der Waals surface area (Å²) in [6.45, 7) is 3.69. The van der Waals surface area contributed by atoms with Crippen molar-refractivity contribution >= 4 is 11.7 Å². The standard InChI is InChI=1S/C13H15FN4O2/c1-8(2)16-13(19)18-6-5-12(17-18)20-9-3-4-11(15)10(14)7-9/h3-8H,15H2,1-2H3,(H,16,19). The number of nitrogens with one attached hydrogen (secondary N) is 1. The molecule has 106 valence electrons. The average Bonchev–Trinajstić information content (AvgIpc) is 2.82. The van der Waals surface area contributed by atoms with E-state index in [0.717, 1.165) is 10.7 Å². The molecule has 1 heterocycles. The van der Waals surface area contributed by atoms with Crippen LogP contribution in [0, 0.1) is 5.82 Å². The molecule has 0 saturated heterocycles. The van der Waals surface area contributed by atoms with E-state index in [9.17, 15) is 9.18 Å². The Balaban J connectivity index is 2.09. The fourth-order valence-electron chi connectivity index (χ4n) is 1.48. The third-order valence-corrected chi connectivity index (χ3v) is 2.38. The van der Waals surface area contributed by atoms with Crippen molar-refractivity contribution in [2.45, 2.75) is 19.9 Å². The van der Waals surface area contributed by atoms with Gasteiger partial charge in [0.05, 0.1) is 5.69 Å². The van der Waals surface area contributed by atoms with E-state index < -0.39 is 5.82 Å². The first-order valence-corrected chi connectivity index (χ1v) is 6.05. The second-order valence-electron chi connectivity index (χ2n) is 4.49. The first kappa shape index (κ1) is 13.9. The van der Waals surface area contributed by atoms with Gasteiger partial charge in [-0.3, -0.25) is 0 Å². The van der Waals surface area contributed by atoms with Gasteiger partial charge in [0.25, 0.3) is 0 Å². The quantitative estimate of drug-likeness (QED) is 0.844. The first-order valence-electron chi connectivity index (χ1n) is 6.05. The summed E-state index contributed by atoms with van der Waals surface area (Å²) < 4.78 is 19.7. The Morgan fingerprint density at radius 1 is 1.45 bits per heavy atom. The van der Waals surface area contributed by atoms with Crippen LogP contribution in [-0.2, 0) is 0 Å². The molecule has 6 nitrogen and oxygen atoms in total. The van der Waals surface area contributed by atoms with Gasteiger partial charge in [0.2, 0.25) is 5.88 Å². The molecule has 0 aliphatic heterocycles. The van der Waals surface area contributed by atoms with E-state index >= 15 is 0 Å². The minimum atomic E-state index is -0.570. The van der Waals surface area contributed by atoms with E-state index in [1.165, 1.54) is 24.4 Å². The number of hydrogen-bond donors (Lipinski definition) is 2. The van der Waals surface area contributed by atoms with Gasteiger partial charge >= 0.3 is 6.03 Å². The highest BCUT2D eigenvalue weighted by Gasteiger charge is 2.10. The van der Waals surface area contributed by atoms with Gasteiger partial charge < -0.3 is 15.8 Å². The molecule has 2 rings (SSSR count). The lowest BCUT2D eigenvalue weighted by molar-refractivity contribution is 0.236. The maximum absolute atomic E-state index is 13.3. The Labute approximate surface area is 115 Å². The van der Waals surface area contributed by atoms with Gasteiger partial charge in [-0.05, 0) is 26.0 Å². The molecule has 1 aromatic heterocycles. The number of aromatic nitrogens is 2. The second-order valence-corrected chi connectivity index (χ2v) is 4.49. The second kappa shape index (κ2) is 5.60. The number of amides is 1. The summed E-state index contributed by atoms with van der Waals surface area (Å²) >= 11 is 0. The van der Waals surface area contributed by atoms with Gasteiger partial charge in [0.1, 0.15) is 11.6 Å². The fraction of sp³-hybridized carbons (Fsp3) is 0.231. The van der Waals surface area contributed by atoms with Crippen LogP contribution in [0.1, 0.15) is 13.8 Å². The van der Waals surface area contributed by atoms with E-state index in [4.69, 9.17) is 10.5 Å². The molecular formula is C13H15FN4O2. The highest BCUT2D eigenvalue weighted by molar-refractivity contribution is 5.76. The monoisotopic (exact) mass is 278 g/mol. The molecule has 20 heavy (non-hydrogen) atoms. The summed E-state index contributed by atoms with van der Waals surface area (Å²) in [7, 11) is 0. The molecule has 1 aromatic carbocycles. The average molecular weight is 278 g/mol. The number of carbonyl (C=O) groups is 1. The number of nitrogens with two attached hydrogens (primary N) is 1. The summed E-state index contributed by atoms with van der Waals surface area (Å²) in [6.07, 6.45) is 1.46. The molecule has 0 bridgehead atoms. The van der Waals surface area contributed by atoms with Gasteiger partial charge in [-0.15, -0.1) is 5.10 Å². The van der Waals surface area contributed by atoms with E-state index in [-0.39, 0.29) is 29.4 Å². The van der Waals surface area contributed by atoms with Crippen molar-refractivity contribution in [3.8, 4) is 11.6 Å². The lowest BCUT2D eigenvalue weighted by atomic mass is 10.3. The normalized spacial score (nSPS) is 10.6. The summed E-state index contributed by atoms with van der Waals surface area (Å²) in [5, 5.41) is 6.62. The van der Waals surface area contributed by atoms with Crippen LogP contribution < -0.4 is 15.8 Å². The Hall–Kier alpha value is -2.57. The number of carbonyl (C=O) groups excluding carboxylic acids is 1. The van der Waals surface area contributed by atoms with Crippen LogP contribution in [0.15, 0.2) is 30.5 Å². The van der Waals surface area contributed by atoms with Crippen molar-refractivity contribution in [3.05, 3.63) is 36.3 Å². The Morgan fingerprint density at radius 2 is 2.20 bits per heavy atom. The topological polar surface area (TPSA) is 82.2 Å². The van der Waals surface area contributed by atoms with Gasteiger partial charge in [0, 0.05) is 24.4 Å². The third kappa shape index (κ3) is 3.25. The number of hydrogen-bond acceptors (Lipinski definition) is 4. The van der Waals surface area contributed by atoms with Crippen molar-refractivity contribution < 1.29 is 13.9 Å². The van der Waals surface area contributed by atoms with Crippen molar-refractivity contribution in [1.29, 1.82) is 0 Å². The van der Waals surface area contributed by atoms with E-state index in [1.54, 1.807) is 0 Å². The minimum absolute atomic E-state index is 0.00210. The lowest BCUT2D eigenvalue weighted by Crippen LogP contribution is -2.34. The predicted molar refractivity (Wildman–Crippen MR) is 72.2 cm³/mol. The first-order chi connectivity index (χ1) is 9.45. The molecule has 0 radical (unpaired) electrons. The highest BCUT2D eigenvalue weighted by atomic mass is 19.1. The summed E-state index contributed by atoms with van der Waals surface area (Å²) in [5.41, 5.74) is 5.41. The van der Waals surface area contributed by atoms with Gasteiger partial charge in [0.15, 0.2) is 0 Å². The van der Waals surface area contributed by atoms with E-state index in [2.05, 4.69) is 10.4 Å². The van der Waals surface area contributed by atoms with Crippen LogP contribution in [0.4, 0.5) is 14.9 Å². The Bertz CT molecular complexity index is 625. The molecule has 0 fully saturated rings. The number of rotatable bonds is 3. The molecule has 0 aliphatic carbocycles. The number of benzene rings is 1. The molecule has 2 aromatic rings. The third-order valence-electron chi connectivity index (χ3n) is 2.38. The van der Waals surface area contributed by atoms with Crippen LogP contribution in [-0.4, -0.2) is 21.9 Å². The number of anilines is 1. The van der Waals surface area contributed by atoms with Crippen molar-refractivity contribution in [2.75, 3.05) is 5.73 Å². The number of nitrogen functional groups attached to an aromatic ring is 1. The summed E-state index contributed by atoms with van der Waals surface area (Å²) in [4.78, 5) is 11.7. The molecule has 0 saturated carbocycles. The molecule has 1 amide bonds. The number of halogens is 1. The van der Waals surface area contributed by atoms with E-state index in [1.807, 2.05) is 13.8 Å². The highest BCUT2D eigenvalue weighted by Crippen LogP contribution is 2.22. The SMILES string of the molecule is CC(C)NC(=O)n1ccc(Oc2ccc(N)c(F)c2)n1. The maximum atomic E-state index is 13.3. The van der Waals surface area contributed by atoms with Crippen molar-refractivity contribution in [1.82, 2.24) is 15.1 Å². The number of ether oxygens (including phenoxy) is 1. The molecule has 0 unspecified atom stereocenters. The predicted octanol–water partition coefficient (Wildman–Crippen LogP) is 2.36. The van der Waals surface area contributed by atoms with Crippen molar-refractivity contribution in [3.63, 3.8) is 0 Å². The van der Waals surface area contributed by atoms with Crippen LogP contribution in [0.5, 0.6) is 11.6 Å². The zero-order valence-corrected chi connectivity index (χ0v) is 11.1. The van der Waals surface area contributed by atoms with E-state index in [0.29, 0.717) is 0 Å². The van der Waals surface area contributed by atoms with Gasteiger partial charge in [-0.1, -0.05) is 0 Å². The fourth-order valence-corrected chi connectivity index (χ4v) is 1.48. The lowest BCUT2D eigenvalue weighted by Gasteiger charge is -2.07. The molecular weight excluding hydrogens is 263 g/mol. The Kier molecular flexibility index (Phi) is 3.88. The zero-order chi connectivity index (χ0) is 14.7. The smallest absolute Gasteiger partial charge is 0.342 e. The van der Waals surface area contributed by atoms with Crippen LogP contribution in [0.25, 0.3) is 0 Å². The minimum Gasteiger partial charge on any atom is -0.437 e. The maximum Gasteiger partial charge on any atom is 0.342 e. The van der Waals surface area contributed by atoms with Crippen molar-refractivity contribution in [2.24, 2.45) is 0 Å². The van der Waals surface area contributed by atoms with Gasteiger partial charge in [-0.2, -0.15) is 4.68 Å². The van der Waals surface area contributed by atoms with Crippen LogP contribution in [0.3, 0.4) is 0 Å². The van der Waals surface area contributed by atoms with Crippen LogP contribution >= 0.6 is 0 Å². The summed E-state index contributed by atoms with van der Waals surface area (Å²) in [6, 6.07) is 5.22. The molecule has 7 heteroatoms. The molecule has 0 spiro atoms. The zero-order valence-electron chi connectivity index (χ0n) is 11.1.